The number of halogens is 1. The summed E-state index contributed by atoms with van der Waals surface area (Å²) in [6, 6.07) is 16.1. The molecule has 24 heavy (non-hydrogen) atoms. The van der Waals surface area contributed by atoms with Crippen molar-refractivity contribution in [2.24, 2.45) is 0 Å². The normalized spacial score (nSPS) is 13.8. The van der Waals surface area contributed by atoms with Crippen LogP contribution >= 0.6 is 15.9 Å². The van der Waals surface area contributed by atoms with Gasteiger partial charge in [-0.3, -0.25) is 4.79 Å². The third-order valence-electron chi connectivity index (χ3n) is 4.13. The number of amides is 1. The average Bonchev–Trinajstić information content (AvgIpc) is 3.10. The summed E-state index contributed by atoms with van der Waals surface area (Å²) >= 11 is 3.43. The molecule has 0 aromatic heterocycles. The van der Waals surface area contributed by atoms with Gasteiger partial charge in [0.05, 0.1) is 0 Å². The SMILES string of the molecule is O=C(CCNc1cccc(Br)c1)Nc1ccc(N2CCCC2)cc1. The summed E-state index contributed by atoms with van der Waals surface area (Å²) in [5, 5.41) is 6.20. The molecule has 1 heterocycles. The first-order valence-electron chi connectivity index (χ1n) is 8.35. The number of carbonyl (C=O) groups is 1. The van der Waals surface area contributed by atoms with Gasteiger partial charge in [-0.2, -0.15) is 0 Å². The Labute approximate surface area is 151 Å². The van der Waals surface area contributed by atoms with Crippen LogP contribution in [0.5, 0.6) is 0 Å². The van der Waals surface area contributed by atoms with E-state index in [1.807, 2.05) is 36.4 Å². The second-order valence-electron chi connectivity index (χ2n) is 5.98. The van der Waals surface area contributed by atoms with Gasteiger partial charge >= 0.3 is 0 Å². The van der Waals surface area contributed by atoms with Crippen molar-refractivity contribution < 1.29 is 4.79 Å². The zero-order chi connectivity index (χ0) is 16.8. The van der Waals surface area contributed by atoms with Gasteiger partial charge in [-0.05, 0) is 55.3 Å². The first-order chi connectivity index (χ1) is 11.7. The number of nitrogens with one attached hydrogen (secondary N) is 2. The Balaban J connectivity index is 1.44. The zero-order valence-corrected chi connectivity index (χ0v) is 15.2. The molecule has 2 aromatic rings. The smallest absolute Gasteiger partial charge is 0.226 e. The lowest BCUT2D eigenvalue weighted by Crippen LogP contribution is -2.18. The fraction of sp³-hybridized carbons (Fsp3) is 0.316. The van der Waals surface area contributed by atoms with Crippen molar-refractivity contribution in [3.05, 3.63) is 53.0 Å². The van der Waals surface area contributed by atoms with E-state index in [1.54, 1.807) is 0 Å². The Bertz CT molecular complexity index is 681. The number of anilines is 3. The summed E-state index contributed by atoms with van der Waals surface area (Å²) in [4.78, 5) is 14.4. The molecule has 0 radical (unpaired) electrons. The monoisotopic (exact) mass is 387 g/mol. The maximum absolute atomic E-state index is 12.0. The number of rotatable bonds is 6. The van der Waals surface area contributed by atoms with Crippen molar-refractivity contribution >= 4 is 38.9 Å². The third-order valence-corrected chi connectivity index (χ3v) is 4.62. The summed E-state index contributed by atoms with van der Waals surface area (Å²) in [7, 11) is 0. The second kappa shape index (κ2) is 8.20. The molecule has 1 saturated heterocycles. The van der Waals surface area contributed by atoms with E-state index in [4.69, 9.17) is 0 Å². The molecule has 0 spiro atoms. The van der Waals surface area contributed by atoms with Crippen molar-refractivity contribution in [1.82, 2.24) is 0 Å². The highest BCUT2D eigenvalue weighted by Gasteiger charge is 2.12. The minimum Gasteiger partial charge on any atom is -0.384 e. The van der Waals surface area contributed by atoms with E-state index in [2.05, 4.69) is 43.6 Å². The molecule has 4 nitrogen and oxygen atoms in total. The van der Waals surface area contributed by atoms with Crippen LogP contribution in [-0.4, -0.2) is 25.5 Å². The summed E-state index contributed by atoms with van der Waals surface area (Å²) in [5.41, 5.74) is 3.10. The van der Waals surface area contributed by atoms with Gasteiger partial charge in [-0.15, -0.1) is 0 Å². The Morgan fingerprint density at radius 3 is 2.50 bits per heavy atom. The standard InChI is InChI=1S/C19H22BrN3O/c20-15-4-3-5-17(14-15)21-11-10-19(24)22-16-6-8-18(9-7-16)23-12-1-2-13-23/h3-9,14,21H,1-2,10-13H2,(H,22,24). The van der Waals surface area contributed by atoms with Crippen molar-refractivity contribution in [2.45, 2.75) is 19.3 Å². The van der Waals surface area contributed by atoms with Crippen molar-refractivity contribution in [1.29, 1.82) is 0 Å². The molecule has 0 saturated carbocycles. The van der Waals surface area contributed by atoms with Gasteiger partial charge in [0.25, 0.3) is 0 Å². The Morgan fingerprint density at radius 2 is 1.79 bits per heavy atom. The summed E-state index contributed by atoms with van der Waals surface area (Å²) in [6.45, 7) is 2.87. The predicted molar refractivity (Wildman–Crippen MR) is 104 cm³/mol. The molecule has 0 aliphatic carbocycles. The van der Waals surface area contributed by atoms with Crippen LogP contribution in [0.1, 0.15) is 19.3 Å². The van der Waals surface area contributed by atoms with Gasteiger partial charge in [0.2, 0.25) is 5.91 Å². The van der Waals surface area contributed by atoms with Gasteiger partial charge in [0.1, 0.15) is 0 Å². The van der Waals surface area contributed by atoms with Gasteiger partial charge in [-0.1, -0.05) is 22.0 Å². The first-order valence-corrected chi connectivity index (χ1v) is 9.14. The van der Waals surface area contributed by atoms with Crippen molar-refractivity contribution in [3.8, 4) is 0 Å². The van der Waals surface area contributed by atoms with Crippen LogP contribution in [0.4, 0.5) is 17.1 Å². The number of nitrogens with zero attached hydrogens (tertiary/aromatic N) is 1. The van der Waals surface area contributed by atoms with E-state index in [0.29, 0.717) is 13.0 Å². The van der Waals surface area contributed by atoms with E-state index in [9.17, 15) is 4.79 Å². The Morgan fingerprint density at radius 1 is 1.04 bits per heavy atom. The zero-order valence-electron chi connectivity index (χ0n) is 13.6. The van der Waals surface area contributed by atoms with Gasteiger partial charge < -0.3 is 15.5 Å². The fourth-order valence-corrected chi connectivity index (χ4v) is 3.27. The molecule has 2 aromatic carbocycles. The van der Waals surface area contributed by atoms with Crippen LogP contribution in [0.25, 0.3) is 0 Å². The lowest BCUT2D eigenvalue weighted by atomic mass is 10.2. The van der Waals surface area contributed by atoms with E-state index in [1.165, 1.54) is 18.5 Å². The molecule has 0 unspecified atom stereocenters. The quantitative estimate of drug-likeness (QED) is 0.767. The molecule has 126 valence electrons. The van der Waals surface area contributed by atoms with Crippen molar-refractivity contribution in [2.75, 3.05) is 35.2 Å². The number of benzene rings is 2. The fourth-order valence-electron chi connectivity index (χ4n) is 2.87. The van der Waals surface area contributed by atoms with Crippen LogP contribution < -0.4 is 15.5 Å². The molecule has 1 fully saturated rings. The molecule has 1 aliphatic heterocycles. The van der Waals surface area contributed by atoms with E-state index in [-0.39, 0.29) is 5.91 Å². The summed E-state index contributed by atoms with van der Waals surface area (Å²) in [6.07, 6.45) is 2.97. The Kier molecular flexibility index (Phi) is 5.75. The van der Waals surface area contributed by atoms with Crippen LogP contribution in [0.2, 0.25) is 0 Å². The van der Waals surface area contributed by atoms with Crippen LogP contribution in [-0.2, 0) is 4.79 Å². The Hall–Kier alpha value is -2.01. The minimum absolute atomic E-state index is 0.0198. The number of carbonyl (C=O) groups excluding carboxylic acids is 1. The molecule has 3 rings (SSSR count). The van der Waals surface area contributed by atoms with Gasteiger partial charge in [0, 0.05) is 47.6 Å². The number of hydrogen-bond donors (Lipinski definition) is 2. The maximum atomic E-state index is 12.0. The summed E-state index contributed by atoms with van der Waals surface area (Å²) < 4.78 is 1.02. The maximum Gasteiger partial charge on any atom is 0.226 e. The highest BCUT2D eigenvalue weighted by molar-refractivity contribution is 9.10. The average molecular weight is 388 g/mol. The van der Waals surface area contributed by atoms with Crippen LogP contribution in [0.3, 0.4) is 0 Å². The topological polar surface area (TPSA) is 44.4 Å². The van der Waals surface area contributed by atoms with Gasteiger partial charge in [0.15, 0.2) is 0 Å². The molecule has 2 N–H and O–H groups in total. The number of hydrogen-bond acceptors (Lipinski definition) is 3. The molecule has 5 heteroatoms. The molecular weight excluding hydrogens is 366 g/mol. The predicted octanol–water partition coefficient (Wildman–Crippen LogP) is 4.49. The van der Waals surface area contributed by atoms with Crippen molar-refractivity contribution in [3.63, 3.8) is 0 Å². The lowest BCUT2D eigenvalue weighted by Gasteiger charge is -2.17. The highest BCUT2D eigenvalue weighted by Crippen LogP contribution is 2.22. The third kappa shape index (κ3) is 4.74. The van der Waals surface area contributed by atoms with E-state index < -0.39 is 0 Å². The molecule has 0 atom stereocenters. The molecule has 1 aliphatic rings. The second-order valence-corrected chi connectivity index (χ2v) is 6.89. The minimum atomic E-state index is 0.0198. The van der Waals surface area contributed by atoms with Crippen LogP contribution in [0.15, 0.2) is 53.0 Å². The van der Waals surface area contributed by atoms with E-state index >= 15 is 0 Å². The van der Waals surface area contributed by atoms with E-state index in [0.717, 1.165) is 28.9 Å². The van der Waals surface area contributed by atoms with Crippen LogP contribution in [0, 0.1) is 0 Å². The lowest BCUT2D eigenvalue weighted by molar-refractivity contribution is -0.115. The summed E-state index contributed by atoms with van der Waals surface area (Å²) in [5.74, 6) is 0.0198. The molecule has 0 bridgehead atoms. The van der Waals surface area contributed by atoms with Gasteiger partial charge in [-0.25, -0.2) is 0 Å². The molecular formula is C19H22BrN3O. The first kappa shape index (κ1) is 16.8. The largest absolute Gasteiger partial charge is 0.384 e. The highest BCUT2D eigenvalue weighted by atomic mass is 79.9. The molecule has 1 amide bonds.